The third kappa shape index (κ3) is 4.15. The summed E-state index contributed by atoms with van der Waals surface area (Å²) in [7, 11) is 0. The molecule has 0 saturated carbocycles. The van der Waals surface area contributed by atoms with Crippen molar-refractivity contribution in [2.45, 2.75) is 13.0 Å². The third-order valence-electron chi connectivity index (χ3n) is 2.40. The number of rotatable bonds is 5. The molecule has 0 fully saturated rings. The molecule has 0 bridgehead atoms. The van der Waals surface area contributed by atoms with E-state index in [0.717, 1.165) is 12.1 Å². The maximum absolute atomic E-state index is 13.0. The zero-order chi connectivity index (χ0) is 13.5. The van der Waals surface area contributed by atoms with Crippen LogP contribution in [0.2, 0.25) is 0 Å². The molecule has 1 atom stereocenters. The molecule has 18 heavy (non-hydrogen) atoms. The molecule has 0 unspecified atom stereocenters. The molecule has 0 spiro atoms. The first-order valence-corrected chi connectivity index (χ1v) is 5.43. The van der Waals surface area contributed by atoms with Gasteiger partial charge in [0, 0.05) is 6.04 Å². The van der Waals surface area contributed by atoms with Gasteiger partial charge in [-0.1, -0.05) is 12.0 Å². The first-order valence-electron chi connectivity index (χ1n) is 5.43. The Morgan fingerprint density at radius 1 is 1.44 bits per heavy atom. The van der Waals surface area contributed by atoms with E-state index >= 15 is 0 Å². The molecule has 3 nitrogen and oxygen atoms in total. The molecule has 2 N–H and O–H groups in total. The Labute approximate surface area is 105 Å². The van der Waals surface area contributed by atoms with E-state index in [2.05, 4.69) is 16.6 Å². The van der Waals surface area contributed by atoms with Crippen molar-refractivity contribution in [3.05, 3.63) is 35.4 Å². The molecule has 0 aliphatic heterocycles. The van der Waals surface area contributed by atoms with Gasteiger partial charge in [-0.15, -0.1) is 6.42 Å². The van der Waals surface area contributed by atoms with Gasteiger partial charge in [-0.05, 0) is 24.6 Å². The Bertz CT molecular complexity index is 469. The van der Waals surface area contributed by atoms with Gasteiger partial charge in [0.05, 0.1) is 13.1 Å². The lowest BCUT2D eigenvalue weighted by molar-refractivity contribution is -0.120. The van der Waals surface area contributed by atoms with Gasteiger partial charge in [-0.2, -0.15) is 0 Å². The first kappa shape index (κ1) is 14.1. The van der Waals surface area contributed by atoms with Gasteiger partial charge in [0.2, 0.25) is 5.91 Å². The molecule has 1 aromatic rings. The highest BCUT2D eigenvalue weighted by Gasteiger charge is 2.10. The molecule has 1 aromatic carbocycles. The molecule has 0 aliphatic carbocycles. The number of hydrogen-bond donors (Lipinski definition) is 2. The summed E-state index contributed by atoms with van der Waals surface area (Å²) in [5.74, 6) is 0.237. The van der Waals surface area contributed by atoms with Gasteiger partial charge < -0.3 is 10.6 Å². The van der Waals surface area contributed by atoms with E-state index in [1.807, 2.05) is 0 Å². The summed E-state index contributed by atoms with van der Waals surface area (Å²) in [6, 6.07) is 3.36. The van der Waals surface area contributed by atoms with Crippen molar-refractivity contribution in [2.24, 2.45) is 0 Å². The molecule has 0 saturated heterocycles. The fraction of sp³-hybridized carbons (Fsp3) is 0.308. The van der Waals surface area contributed by atoms with Crippen LogP contribution in [0, 0.1) is 24.0 Å². The minimum Gasteiger partial charge on any atom is -0.344 e. The highest BCUT2D eigenvalue weighted by molar-refractivity contribution is 5.78. The van der Waals surface area contributed by atoms with Crippen LogP contribution in [0.3, 0.4) is 0 Å². The summed E-state index contributed by atoms with van der Waals surface area (Å²) in [5.41, 5.74) is 0.568. The molecule has 0 aromatic heterocycles. The maximum Gasteiger partial charge on any atom is 0.234 e. The van der Waals surface area contributed by atoms with Crippen molar-refractivity contribution in [1.29, 1.82) is 0 Å². The van der Waals surface area contributed by atoms with Crippen molar-refractivity contribution in [1.82, 2.24) is 10.6 Å². The quantitative estimate of drug-likeness (QED) is 0.777. The van der Waals surface area contributed by atoms with E-state index < -0.39 is 11.6 Å². The van der Waals surface area contributed by atoms with E-state index in [0.29, 0.717) is 5.56 Å². The van der Waals surface area contributed by atoms with Crippen LogP contribution in [0.15, 0.2) is 18.2 Å². The van der Waals surface area contributed by atoms with Crippen LogP contribution in [0.25, 0.3) is 0 Å². The Balaban J connectivity index is 2.50. The van der Waals surface area contributed by atoms with Crippen LogP contribution in [0.5, 0.6) is 0 Å². The van der Waals surface area contributed by atoms with E-state index in [1.54, 1.807) is 6.92 Å². The minimum atomic E-state index is -0.905. The van der Waals surface area contributed by atoms with Crippen molar-refractivity contribution in [3.63, 3.8) is 0 Å². The van der Waals surface area contributed by atoms with Gasteiger partial charge >= 0.3 is 0 Å². The van der Waals surface area contributed by atoms with Crippen molar-refractivity contribution in [3.8, 4) is 12.3 Å². The molecule has 5 heteroatoms. The number of benzene rings is 1. The SMILES string of the molecule is C#CCNC(=O)CN[C@H](C)c1ccc(F)c(F)c1. The lowest BCUT2D eigenvalue weighted by Gasteiger charge is -2.14. The summed E-state index contributed by atoms with van der Waals surface area (Å²) in [6.45, 7) is 1.98. The van der Waals surface area contributed by atoms with Gasteiger partial charge in [0.1, 0.15) is 0 Å². The molecule has 1 rings (SSSR count). The molecule has 0 aliphatic rings. The lowest BCUT2D eigenvalue weighted by atomic mass is 10.1. The summed E-state index contributed by atoms with van der Waals surface area (Å²) in [5, 5.41) is 5.37. The topological polar surface area (TPSA) is 41.1 Å². The first-order chi connectivity index (χ1) is 8.54. The summed E-state index contributed by atoms with van der Waals surface area (Å²) in [4.78, 5) is 11.3. The molecule has 96 valence electrons. The fourth-order valence-electron chi connectivity index (χ4n) is 1.36. The van der Waals surface area contributed by atoms with Crippen LogP contribution in [0.4, 0.5) is 8.78 Å². The van der Waals surface area contributed by atoms with Crippen molar-refractivity contribution >= 4 is 5.91 Å². The number of hydrogen-bond acceptors (Lipinski definition) is 2. The third-order valence-corrected chi connectivity index (χ3v) is 2.40. The summed E-state index contributed by atoms with van der Waals surface area (Å²) >= 11 is 0. The minimum absolute atomic E-state index is 0.0574. The average Bonchev–Trinajstić information content (AvgIpc) is 2.36. The van der Waals surface area contributed by atoms with Crippen molar-refractivity contribution < 1.29 is 13.6 Å². The van der Waals surface area contributed by atoms with E-state index in [-0.39, 0.29) is 25.0 Å². The van der Waals surface area contributed by atoms with Crippen LogP contribution >= 0.6 is 0 Å². The molecular formula is C13H14F2N2O. The van der Waals surface area contributed by atoms with Crippen molar-refractivity contribution in [2.75, 3.05) is 13.1 Å². The number of terminal acetylenes is 1. The highest BCUT2D eigenvalue weighted by atomic mass is 19.2. The van der Waals surface area contributed by atoms with E-state index in [1.165, 1.54) is 6.07 Å². The Morgan fingerprint density at radius 2 is 2.17 bits per heavy atom. The zero-order valence-corrected chi connectivity index (χ0v) is 9.97. The average molecular weight is 252 g/mol. The molecule has 0 heterocycles. The van der Waals surface area contributed by atoms with E-state index in [9.17, 15) is 13.6 Å². The zero-order valence-electron chi connectivity index (χ0n) is 9.97. The Hall–Kier alpha value is -1.93. The molecule has 1 amide bonds. The highest BCUT2D eigenvalue weighted by Crippen LogP contribution is 2.15. The second-order valence-electron chi connectivity index (χ2n) is 3.76. The monoisotopic (exact) mass is 252 g/mol. The number of nitrogens with one attached hydrogen (secondary N) is 2. The smallest absolute Gasteiger partial charge is 0.234 e. The maximum atomic E-state index is 13.0. The Morgan fingerprint density at radius 3 is 2.78 bits per heavy atom. The summed E-state index contributed by atoms with van der Waals surface area (Å²) in [6.07, 6.45) is 4.99. The normalized spacial score (nSPS) is 11.7. The van der Waals surface area contributed by atoms with Crippen LogP contribution in [-0.4, -0.2) is 19.0 Å². The van der Waals surface area contributed by atoms with Crippen LogP contribution < -0.4 is 10.6 Å². The standard InChI is InChI=1S/C13H14F2N2O/c1-3-6-16-13(18)8-17-9(2)10-4-5-11(14)12(15)7-10/h1,4-5,7,9,17H,6,8H2,2H3,(H,16,18)/t9-/m1/s1. The van der Waals surface area contributed by atoms with E-state index in [4.69, 9.17) is 6.42 Å². The Kier molecular flexibility index (Phi) is 5.28. The van der Waals surface area contributed by atoms with Crippen LogP contribution in [-0.2, 0) is 4.79 Å². The second kappa shape index (κ2) is 6.72. The van der Waals surface area contributed by atoms with Gasteiger partial charge in [-0.25, -0.2) is 8.78 Å². The number of carbonyl (C=O) groups is 1. The summed E-state index contributed by atoms with van der Waals surface area (Å²) < 4.78 is 25.7. The predicted octanol–water partition coefficient (Wildman–Crippen LogP) is 1.36. The second-order valence-corrected chi connectivity index (χ2v) is 3.76. The molecule has 0 radical (unpaired) electrons. The largest absolute Gasteiger partial charge is 0.344 e. The predicted molar refractivity (Wildman–Crippen MR) is 64.6 cm³/mol. The van der Waals surface area contributed by atoms with Gasteiger partial charge in [-0.3, -0.25) is 4.79 Å². The number of carbonyl (C=O) groups excluding carboxylic acids is 1. The van der Waals surface area contributed by atoms with Gasteiger partial charge in [0.25, 0.3) is 0 Å². The fourth-order valence-corrected chi connectivity index (χ4v) is 1.36. The van der Waals surface area contributed by atoms with Gasteiger partial charge in [0.15, 0.2) is 11.6 Å². The number of amides is 1. The van der Waals surface area contributed by atoms with Crippen LogP contribution in [0.1, 0.15) is 18.5 Å². The lowest BCUT2D eigenvalue weighted by Crippen LogP contribution is -2.35. The molecular weight excluding hydrogens is 238 g/mol. The number of halogens is 2.